The van der Waals surface area contributed by atoms with E-state index in [0.717, 1.165) is 5.56 Å². The molecule has 174 valence electrons. The Hall–Kier alpha value is -3.94. The van der Waals surface area contributed by atoms with Crippen LogP contribution >= 0.6 is 0 Å². The summed E-state index contributed by atoms with van der Waals surface area (Å²) in [6.07, 6.45) is 0. The number of hydrogen-bond acceptors (Lipinski definition) is 6. The second-order valence-electron chi connectivity index (χ2n) is 7.22. The predicted octanol–water partition coefficient (Wildman–Crippen LogP) is 4.04. The van der Waals surface area contributed by atoms with E-state index < -0.39 is 17.6 Å². The standard InChI is InChI=1S/C25H28N2O6/c1-5-26(3)24(29)21-23(33-16-17-10-8-7-9-11-17)22(28)20(25(30)32-6-2)27(21)18-12-14-19(31-4)15-13-18/h7-15,28H,5-6,16H2,1-4H3. The summed E-state index contributed by atoms with van der Waals surface area (Å²) in [5.74, 6) is -1.11. The zero-order valence-corrected chi connectivity index (χ0v) is 19.2. The lowest BCUT2D eigenvalue weighted by atomic mass is 10.2. The zero-order chi connectivity index (χ0) is 24.0. The highest BCUT2D eigenvalue weighted by molar-refractivity contribution is 6.02. The van der Waals surface area contributed by atoms with Gasteiger partial charge in [-0.2, -0.15) is 0 Å². The van der Waals surface area contributed by atoms with Crippen LogP contribution in [-0.4, -0.2) is 53.8 Å². The molecular weight excluding hydrogens is 424 g/mol. The molecular formula is C25H28N2O6. The first-order valence-corrected chi connectivity index (χ1v) is 10.6. The number of carbonyl (C=O) groups excluding carboxylic acids is 2. The lowest BCUT2D eigenvalue weighted by Crippen LogP contribution is -2.29. The van der Waals surface area contributed by atoms with Crippen LogP contribution in [0.3, 0.4) is 0 Å². The van der Waals surface area contributed by atoms with Crippen LogP contribution < -0.4 is 9.47 Å². The first kappa shape index (κ1) is 23.7. The van der Waals surface area contributed by atoms with Gasteiger partial charge >= 0.3 is 5.97 Å². The fourth-order valence-corrected chi connectivity index (χ4v) is 3.30. The molecule has 0 radical (unpaired) electrons. The number of aromatic nitrogens is 1. The molecule has 8 heteroatoms. The maximum absolute atomic E-state index is 13.4. The first-order chi connectivity index (χ1) is 15.9. The Balaban J connectivity index is 2.23. The largest absolute Gasteiger partial charge is 0.503 e. The number of rotatable bonds is 9. The predicted molar refractivity (Wildman–Crippen MR) is 123 cm³/mol. The van der Waals surface area contributed by atoms with Crippen LogP contribution in [0, 0.1) is 0 Å². The van der Waals surface area contributed by atoms with Gasteiger partial charge in [-0.1, -0.05) is 30.3 Å². The van der Waals surface area contributed by atoms with E-state index in [4.69, 9.17) is 14.2 Å². The number of methoxy groups -OCH3 is 1. The van der Waals surface area contributed by atoms with Gasteiger partial charge in [-0.15, -0.1) is 0 Å². The highest BCUT2D eigenvalue weighted by atomic mass is 16.5. The fraction of sp³-hybridized carbons (Fsp3) is 0.280. The Labute approximate surface area is 192 Å². The average molecular weight is 453 g/mol. The van der Waals surface area contributed by atoms with Crippen LogP contribution in [0.5, 0.6) is 17.2 Å². The Bertz CT molecular complexity index is 1110. The van der Waals surface area contributed by atoms with Crippen molar-refractivity contribution in [2.45, 2.75) is 20.5 Å². The molecule has 0 atom stereocenters. The van der Waals surface area contributed by atoms with Crippen molar-refractivity contribution < 1.29 is 28.9 Å². The number of nitrogens with zero attached hydrogens (tertiary/aromatic N) is 2. The average Bonchev–Trinajstić information content (AvgIpc) is 3.14. The summed E-state index contributed by atoms with van der Waals surface area (Å²) in [5.41, 5.74) is 1.16. The molecule has 2 aromatic carbocycles. The van der Waals surface area contributed by atoms with Crippen molar-refractivity contribution in [3.8, 4) is 22.9 Å². The minimum Gasteiger partial charge on any atom is -0.503 e. The van der Waals surface area contributed by atoms with Crippen LogP contribution in [-0.2, 0) is 11.3 Å². The van der Waals surface area contributed by atoms with E-state index in [1.54, 1.807) is 45.3 Å². The number of hydrogen-bond donors (Lipinski definition) is 1. The summed E-state index contributed by atoms with van der Waals surface area (Å²) < 4.78 is 17.7. The summed E-state index contributed by atoms with van der Waals surface area (Å²) >= 11 is 0. The number of benzene rings is 2. The first-order valence-electron chi connectivity index (χ1n) is 10.6. The van der Waals surface area contributed by atoms with Gasteiger partial charge in [0.05, 0.1) is 13.7 Å². The van der Waals surface area contributed by atoms with Crippen molar-refractivity contribution in [2.75, 3.05) is 27.3 Å². The van der Waals surface area contributed by atoms with Crippen molar-refractivity contribution >= 4 is 11.9 Å². The number of amides is 1. The normalized spacial score (nSPS) is 10.5. The van der Waals surface area contributed by atoms with Gasteiger partial charge in [-0.25, -0.2) is 4.79 Å². The summed E-state index contributed by atoms with van der Waals surface area (Å²) in [5, 5.41) is 11.1. The third-order valence-electron chi connectivity index (χ3n) is 5.15. The summed E-state index contributed by atoms with van der Waals surface area (Å²) in [4.78, 5) is 27.8. The minimum absolute atomic E-state index is 0.0287. The smallest absolute Gasteiger partial charge is 0.359 e. The van der Waals surface area contributed by atoms with Crippen LogP contribution in [0.4, 0.5) is 0 Å². The van der Waals surface area contributed by atoms with Crippen LogP contribution in [0.25, 0.3) is 5.69 Å². The number of carbonyl (C=O) groups is 2. The third kappa shape index (κ3) is 4.95. The Kier molecular flexibility index (Phi) is 7.61. The number of esters is 1. The van der Waals surface area contributed by atoms with Gasteiger partial charge in [0.15, 0.2) is 22.9 Å². The number of ether oxygens (including phenoxy) is 3. The highest BCUT2D eigenvalue weighted by Gasteiger charge is 2.34. The van der Waals surface area contributed by atoms with Gasteiger partial charge in [0.25, 0.3) is 5.91 Å². The summed E-state index contributed by atoms with van der Waals surface area (Å²) in [7, 11) is 3.18. The minimum atomic E-state index is -0.770. The summed E-state index contributed by atoms with van der Waals surface area (Å²) in [6, 6.07) is 16.1. The highest BCUT2D eigenvalue weighted by Crippen LogP contribution is 2.41. The molecule has 0 saturated carbocycles. The van der Waals surface area contributed by atoms with Crippen molar-refractivity contribution in [3.63, 3.8) is 0 Å². The second kappa shape index (κ2) is 10.6. The lowest BCUT2D eigenvalue weighted by Gasteiger charge is -2.18. The van der Waals surface area contributed by atoms with E-state index in [1.807, 2.05) is 37.3 Å². The Morgan fingerprint density at radius 2 is 1.67 bits per heavy atom. The van der Waals surface area contributed by atoms with E-state index in [9.17, 15) is 14.7 Å². The summed E-state index contributed by atoms with van der Waals surface area (Å²) in [6.45, 7) is 4.11. The van der Waals surface area contributed by atoms with Gasteiger partial charge in [-0.3, -0.25) is 9.36 Å². The lowest BCUT2D eigenvalue weighted by molar-refractivity contribution is 0.0513. The van der Waals surface area contributed by atoms with Crippen molar-refractivity contribution in [1.82, 2.24) is 9.47 Å². The molecule has 0 aliphatic rings. The molecule has 3 aromatic rings. The molecule has 33 heavy (non-hydrogen) atoms. The van der Waals surface area contributed by atoms with Crippen LogP contribution in [0.1, 0.15) is 40.4 Å². The molecule has 0 fully saturated rings. The molecule has 1 heterocycles. The van der Waals surface area contributed by atoms with E-state index in [-0.39, 0.29) is 30.4 Å². The molecule has 0 unspecified atom stereocenters. The maximum atomic E-state index is 13.4. The van der Waals surface area contributed by atoms with E-state index in [1.165, 1.54) is 9.47 Å². The molecule has 0 spiro atoms. The molecule has 1 aromatic heterocycles. The topological polar surface area (TPSA) is 90.2 Å². The molecule has 0 saturated heterocycles. The van der Waals surface area contributed by atoms with E-state index in [0.29, 0.717) is 18.0 Å². The van der Waals surface area contributed by atoms with Gasteiger partial charge in [-0.05, 0) is 43.7 Å². The van der Waals surface area contributed by atoms with Crippen molar-refractivity contribution in [2.24, 2.45) is 0 Å². The van der Waals surface area contributed by atoms with Crippen molar-refractivity contribution in [1.29, 1.82) is 0 Å². The molecule has 0 aliphatic carbocycles. The zero-order valence-electron chi connectivity index (χ0n) is 19.2. The molecule has 0 aliphatic heterocycles. The maximum Gasteiger partial charge on any atom is 0.359 e. The molecule has 8 nitrogen and oxygen atoms in total. The van der Waals surface area contributed by atoms with Crippen LogP contribution in [0.2, 0.25) is 0 Å². The van der Waals surface area contributed by atoms with Crippen molar-refractivity contribution in [3.05, 3.63) is 71.5 Å². The molecule has 1 N–H and O–H groups in total. The SMILES string of the molecule is CCOC(=O)c1c(O)c(OCc2ccccc2)c(C(=O)N(C)CC)n1-c1ccc(OC)cc1. The second-order valence-corrected chi connectivity index (χ2v) is 7.22. The molecule has 3 rings (SSSR count). The quantitative estimate of drug-likeness (QED) is 0.493. The molecule has 0 bridgehead atoms. The fourth-order valence-electron chi connectivity index (χ4n) is 3.30. The van der Waals surface area contributed by atoms with Gasteiger partial charge in [0, 0.05) is 19.3 Å². The van der Waals surface area contributed by atoms with E-state index in [2.05, 4.69) is 0 Å². The van der Waals surface area contributed by atoms with Gasteiger partial charge in [0.1, 0.15) is 12.4 Å². The van der Waals surface area contributed by atoms with Gasteiger partial charge < -0.3 is 24.2 Å². The third-order valence-corrected chi connectivity index (χ3v) is 5.15. The Morgan fingerprint density at radius 3 is 2.24 bits per heavy atom. The Morgan fingerprint density at radius 1 is 1.00 bits per heavy atom. The molecule has 1 amide bonds. The van der Waals surface area contributed by atoms with E-state index >= 15 is 0 Å². The number of aromatic hydroxyl groups is 1. The monoisotopic (exact) mass is 452 g/mol. The van der Waals surface area contributed by atoms with Gasteiger partial charge in [0.2, 0.25) is 0 Å². The van der Waals surface area contributed by atoms with Crippen LogP contribution in [0.15, 0.2) is 54.6 Å².